The Labute approximate surface area is 227 Å². The zero-order valence-electron chi connectivity index (χ0n) is 22.3. The molecule has 1 unspecified atom stereocenters. The number of rotatable bonds is 8. The number of thioether (sulfide) groups is 1. The summed E-state index contributed by atoms with van der Waals surface area (Å²) in [5, 5.41) is 0.328. The van der Waals surface area contributed by atoms with Crippen LogP contribution in [0.5, 0.6) is 5.88 Å². The number of primary amides is 1. The van der Waals surface area contributed by atoms with Gasteiger partial charge in [-0.05, 0) is 62.2 Å². The van der Waals surface area contributed by atoms with Crippen molar-refractivity contribution in [2.24, 2.45) is 16.6 Å². The van der Waals surface area contributed by atoms with E-state index in [1.165, 1.54) is 16.7 Å². The average molecular weight is 602 g/mol. The zero-order chi connectivity index (χ0) is 27.1. The predicted molar refractivity (Wildman–Crippen MR) is 148 cm³/mol. The summed E-state index contributed by atoms with van der Waals surface area (Å²) < 4.78 is 17.0. The molecule has 36 heavy (non-hydrogen) atoms. The van der Waals surface area contributed by atoms with E-state index in [2.05, 4.69) is 40.6 Å². The quantitative estimate of drug-likeness (QED) is 0.254. The molecular formula is C24H37BrN4O5SSi. The van der Waals surface area contributed by atoms with Crippen molar-refractivity contribution >= 4 is 52.9 Å². The van der Waals surface area contributed by atoms with Crippen molar-refractivity contribution in [2.75, 3.05) is 20.4 Å². The van der Waals surface area contributed by atoms with Crippen LogP contribution in [0, 0.1) is 5.92 Å². The van der Waals surface area contributed by atoms with Crippen LogP contribution >= 0.6 is 27.7 Å². The molecule has 1 aliphatic carbocycles. The molecule has 1 aromatic heterocycles. The van der Waals surface area contributed by atoms with Crippen LogP contribution < -0.4 is 10.5 Å². The number of methoxy groups -OCH3 is 1. The largest absolute Gasteiger partial charge is 0.481 e. The summed E-state index contributed by atoms with van der Waals surface area (Å²) in [6, 6.07) is 2.83. The summed E-state index contributed by atoms with van der Waals surface area (Å²) in [4.78, 5) is 36.9. The van der Waals surface area contributed by atoms with Crippen LogP contribution in [0.25, 0.3) is 0 Å². The van der Waals surface area contributed by atoms with E-state index in [1.807, 2.05) is 13.0 Å². The van der Waals surface area contributed by atoms with Gasteiger partial charge in [-0.3, -0.25) is 9.79 Å². The van der Waals surface area contributed by atoms with E-state index in [9.17, 15) is 9.59 Å². The van der Waals surface area contributed by atoms with Gasteiger partial charge in [0.05, 0.1) is 12.6 Å². The lowest BCUT2D eigenvalue weighted by molar-refractivity contribution is -0.118. The number of amides is 2. The molecule has 200 valence electrons. The number of aliphatic imine (C=N–C) groups is 1. The number of hydrogen-bond acceptors (Lipinski definition) is 8. The van der Waals surface area contributed by atoms with Gasteiger partial charge in [-0.2, -0.15) is 0 Å². The summed E-state index contributed by atoms with van der Waals surface area (Å²) in [6.07, 6.45) is 1.56. The third-order valence-electron chi connectivity index (χ3n) is 6.23. The summed E-state index contributed by atoms with van der Waals surface area (Å²) >= 11 is 4.70. The molecule has 1 saturated carbocycles. The Morgan fingerprint density at radius 1 is 1.33 bits per heavy atom. The Morgan fingerprint density at radius 3 is 2.56 bits per heavy atom. The minimum atomic E-state index is -1.33. The number of hydrogen-bond donors (Lipinski definition) is 1. The van der Waals surface area contributed by atoms with Crippen molar-refractivity contribution in [3.63, 3.8) is 0 Å². The summed E-state index contributed by atoms with van der Waals surface area (Å²) in [5.74, 6) is -0.229. The second-order valence-corrected chi connectivity index (χ2v) is 19.5. The normalized spacial score (nSPS) is 25.5. The Balaban J connectivity index is 2.05. The molecule has 2 N–H and O–H groups in total. The van der Waals surface area contributed by atoms with Gasteiger partial charge in [0.2, 0.25) is 11.8 Å². The second kappa shape index (κ2) is 10.3. The van der Waals surface area contributed by atoms with Gasteiger partial charge in [0.25, 0.3) is 0 Å². The first-order valence-electron chi connectivity index (χ1n) is 11.9. The van der Waals surface area contributed by atoms with E-state index in [1.54, 1.807) is 34.1 Å². The average Bonchev–Trinajstić information content (AvgIpc) is 3.49. The van der Waals surface area contributed by atoms with Crippen molar-refractivity contribution in [1.29, 1.82) is 0 Å². The third-order valence-corrected chi connectivity index (χ3v) is 9.87. The molecule has 0 spiro atoms. The van der Waals surface area contributed by atoms with Gasteiger partial charge in [-0.25, -0.2) is 14.7 Å². The molecule has 0 saturated heterocycles. The van der Waals surface area contributed by atoms with E-state index in [0.717, 1.165) is 10.5 Å². The van der Waals surface area contributed by atoms with Crippen LogP contribution in [0.4, 0.5) is 4.79 Å². The number of carbonyl (C=O) groups is 2. The Hall–Kier alpha value is -1.63. The van der Waals surface area contributed by atoms with Crippen LogP contribution in [0.1, 0.15) is 39.7 Å². The minimum absolute atomic E-state index is 0.0469. The number of pyridine rings is 1. The van der Waals surface area contributed by atoms with Crippen molar-refractivity contribution in [3.8, 4) is 5.88 Å². The first-order valence-corrected chi connectivity index (χ1v) is 17.2. The van der Waals surface area contributed by atoms with Gasteiger partial charge in [0.1, 0.15) is 17.1 Å². The number of ether oxygens (including phenoxy) is 3. The van der Waals surface area contributed by atoms with Crippen LogP contribution in [0.2, 0.25) is 25.7 Å². The highest BCUT2D eigenvalue weighted by molar-refractivity contribution is 9.10. The first-order chi connectivity index (χ1) is 16.5. The Kier molecular flexibility index (Phi) is 8.25. The number of halogens is 1. The van der Waals surface area contributed by atoms with Crippen LogP contribution in [0.15, 0.2) is 21.7 Å². The number of amidine groups is 1. The van der Waals surface area contributed by atoms with Crippen molar-refractivity contribution < 1.29 is 23.8 Å². The highest BCUT2D eigenvalue weighted by atomic mass is 79.9. The molecule has 12 heteroatoms. The summed E-state index contributed by atoms with van der Waals surface area (Å²) in [7, 11) is 0.210. The SMILES string of the molecule is COc1ncc(Br)cc1[C@@]1(C)N=C(N(COCC[Si](C)(C)C)C(=O)OC(C)(C)C)S[C@@]2(C(N)=O)CC21. The summed E-state index contributed by atoms with van der Waals surface area (Å²) in [5.41, 5.74) is 4.98. The standard InChI is InChI=1S/C24H37BrN4O5SSi/c1-22(2,3)34-21(31)29(14-33-9-10-36(6,7)8)20-28-23(4,17-12-24(17,35-20)19(26)30)16-11-15(25)13-27-18(16)32-5/h11,13,17H,9-10,12,14H2,1-8H3,(H2,26,30)/t17?,23-,24+/m1/s1. The fourth-order valence-corrected chi connectivity index (χ4v) is 6.76. The maximum absolute atomic E-state index is 13.3. The molecule has 3 atom stereocenters. The number of fused-ring (bicyclic) bond motifs is 1. The maximum atomic E-state index is 13.3. The number of nitrogens with two attached hydrogens (primary N) is 1. The lowest BCUT2D eigenvalue weighted by Gasteiger charge is -2.37. The van der Waals surface area contributed by atoms with Crippen molar-refractivity contribution in [3.05, 3.63) is 22.3 Å². The van der Waals surface area contributed by atoms with Gasteiger partial charge in [0, 0.05) is 36.8 Å². The van der Waals surface area contributed by atoms with Gasteiger partial charge < -0.3 is 19.9 Å². The van der Waals surface area contributed by atoms with E-state index in [0.29, 0.717) is 29.6 Å². The molecule has 2 aliphatic rings. The smallest absolute Gasteiger partial charge is 0.418 e. The molecule has 0 bridgehead atoms. The van der Waals surface area contributed by atoms with E-state index >= 15 is 0 Å². The van der Waals surface area contributed by atoms with Crippen molar-refractivity contribution in [2.45, 2.75) is 75.7 Å². The monoisotopic (exact) mass is 600 g/mol. The molecule has 2 amide bonds. The number of nitrogens with zero attached hydrogens (tertiary/aromatic N) is 3. The highest BCUT2D eigenvalue weighted by Crippen LogP contribution is 2.67. The molecule has 1 aromatic rings. The van der Waals surface area contributed by atoms with Gasteiger partial charge in [0.15, 0.2) is 5.17 Å². The van der Waals surface area contributed by atoms with E-state index in [4.69, 9.17) is 24.9 Å². The van der Waals surface area contributed by atoms with Gasteiger partial charge in [-0.15, -0.1) is 0 Å². The van der Waals surface area contributed by atoms with E-state index in [-0.39, 0.29) is 12.6 Å². The van der Waals surface area contributed by atoms with Crippen molar-refractivity contribution in [1.82, 2.24) is 9.88 Å². The Bertz CT molecular complexity index is 1060. The molecule has 3 rings (SSSR count). The van der Waals surface area contributed by atoms with E-state index < -0.39 is 36.0 Å². The Morgan fingerprint density at radius 2 is 2.00 bits per heavy atom. The molecule has 1 fully saturated rings. The lowest BCUT2D eigenvalue weighted by Crippen LogP contribution is -2.48. The lowest BCUT2D eigenvalue weighted by atomic mass is 9.86. The van der Waals surface area contributed by atoms with Gasteiger partial charge in [-0.1, -0.05) is 31.4 Å². The van der Waals surface area contributed by atoms with Crippen LogP contribution in [-0.2, 0) is 19.8 Å². The minimum Gasteiger partial charge on any atom is -0.481 e. The molecule has 0 aromatic carbocycles. The predicted octanol–water partition coefficient (Wildman–Crippen LogP) is 4.96. The fourth-order valence-electron chi connectivity index (χ4n) is 4.15. The highest BCUT2D eigenvalue weighted by Gasteiger charge is 2.71. The number of carbonyl (C=O) groups excluding carboxylic acids is 2. The molecule has 1 aliphatic heterocycles. The van der Waals surface area contributed by atoms with Crippen LogP contribution in [0.3, 0.4) is 0 Å². The molecule has 0 radical (unpaired) electrons. The van der Waals surface area contributed by atoms with Crippen LogP contribution in [-0.4, -0.2) is 65.9 Å². The fraction of sp³-hybridized carbons (Fsp3) is 0.667. The molecule has 9 nitrogen and oxygen atoms in total. The zero-order valence-corrected chi connectivity index (χ0v) is 25.7. The number of aromatic nitrogens is 1. The molecule has 2 heterocycles. The molecular weight excluding hydrogens is 564 g/mol. The first kappa shape index (κ1) is 28.9. The topological polar surface area (TPSA) is 116 Å². The summed E-state index contributed by atoms with van der Waals surface area (Å²) in [6.45, 7) is 14.6. The maximum Gasteiger partial charge on any atom is 0.418 e. The van der Waals surface area contributed by atoms with Gasteiger partial charge >= 0.3 is 6.09 Å². The second-order valence-electron chi connectivity index (χ2n) is 11.6. The third kappa shape index (κ3) is 6.25.